The predicted octanol–water partition coefficient (Wildman–Crippen LogP) is 6.30. The van der Waals surface area contributed by atoms with Gasteiger partial charge in [-0.15, -0.1) is 0 Å². The van der Waals surface area contributed by atoms with E-state index in [1.54, 1.807) is 12.1 Å². The molecule has 0 aliphatic rings. The molecule has 4 heteroatoms. The number of phenols is 1. The van der Waals surface area contributed by atoms with E-state index in [4.69, 9.17) is 9.15 Å². The molecule has 2 rings (SSSR count). The lowest BCUT2D eigenvalue weighted by atomic mass is 10.1. The fourth-order valence-corrected chi connectivity index (χ4v) is 2.81. The zero-order valence-electron chi connectivity index (χ0n) is 17.2. The molecule has 150 valence electrons. The van der Waals surface area contributed by atoms with Crippen LogP contribution in [0.2, 0.25) is 0 Å². The van der Waals surface area contributed by atoms with Crippen molar-refractivity contribution in [2.45, 2.75) is 53.4 Å². The Morgan fingerprint density at radius 3 is 2.39 bits per heavy atom. The average Bonchev–Trinajstić information content (AvgIpc) is 2.62. The maximum atomic E-state index is 11.3. The lowest BCUT2D eigenvalue weighted by Crippen LogP contribution is -1.97. The molecule has 1 heterocycles. The van der Waals surface area contributed by atoms with Crippen LogP contribution in [0, 0.1) is 0 Å². The highest BCUT2D eigenvalue weighted by molar-refractivity contribution is 5.80. The Bertz CT molecular complexity index is 941. The fourth-order valence-electron chi connectivity index (χ4n) is 2.81. The third-order valence-electron chi connectivity index (χ3n) is 4.49. The van der Waals surface area contributed by atoms with Gasteiger partial charge in [0, 0.05) is 17.5 Å². The Morgan fingerprint density at radius 1 is 1.00 bits per heavy atom. The van der Waals surface area contributed by atoms with Crippen LogP contribution in [-0.4, -0.2) is 11.7 Å². The molecule has 0 aliphatic carbocycles. The Morgan fingerprint density at radius 2 is 1.68 bits per heavy atom. The summed E-state index contributed by atoms with van der Waals surface area (Å²) >= 11 is 0. The Kier molecular flexibility index (Phi) is 8.12. The van der Waals surface area contributed by atoms with Gasteiger partial charge in [-0.1, -0.05) is 28.9 Å². The van der Waals surface area contributed by atoms with Gasteiger partial charge in [-0.3, -0.25) is 0 Å². The van der Waals surface area contributed by atoms with Crippen molar-refractivity contribution < 1.29 is 14.3 Å². The third-order valence-corrected chi connectivity index (χ3v) is 4.49. The van der Waals surface area contributed by atoms with Gasteiger partial charge in [0.05, 0.1) is 0 Å². The van der Waals surface area contributed by atoms with E-state index in [0.717, 1.165) is 25.7 Å². The normalized spacial score (nSPS) is 12.3. The first-order valence-corrected chi connectivity index (χ1v) is 9.69. The van der Waals surface area contributed by atoms with Gasteiger partial charge in [0.2, 0.25) is 0 Å². The van der Waals surface area contributed by atoms with Crippen molar-refractivity contribution in [1.29, 1.82) is 0 Å². The summed E-state index contributed by atoms with van der Waals surface area (Å²) in [5.74, 6) is 0.336. The molecule has 0 bridgehead atoms. The van der Waals surface area contributed by atoms with E-state index in [9.17, 15) is 9.90 Å². The van der Waals surface area contributed by atoms with E-state index in [-0.39, 0.29) is 5.75 Å². The molecule has 0 radical (unpaired) electrons. The van der Waals surface area contributed by atoms with Crippen molar-refractivity contribution in [3.63, 3.8) is 0 Å². The van der Waals surface area contributed by atoms with E-state index in [1.807, 2.05) is 6.08 Å². The monoisotopic (exact) mass is 382 g/mol. The summed E-state index contributed by atoms with van der Waals surface area (Å²) in [6, 6.07) is 6.02. The van der Waals surface area contributed by atoms with Crippen LogP contribution in [-0.2, 0) is 0 Å². The predicted molar refractivity (Wildman–Crippen MR) is 115 cm³/mol. The highest BCUT2D eigenvalue weighted by Crippen LogP contribution is 2.30. The molecule has 1 N–H and O–H groups in total. The van der Waals surface area contributed by atoms with E-state index in [2.05, 4.69) is 39.8 Å². The van der Waals surface area contributed by atoms with E-state index in [1.165, 1.54) is 28.9 Å². The van der Waals surface area contributed by atoms with Crippen molar-refractivity contribution in [2.75, 3.05) is 6.61 Å². The molecule has 0 aliphatic heterocycles. The van der Waals surface area contributed by atoms with Gasteiger partial charge in [-0.25, -0.2) is 4.79 Å². The second-order valence-electron chi connectivity index (χ2n) is 7.38. The highest BCUT2D eigenvalue weighted by atomic mass is 16.5. The van der Waals surface area contributed by atoms with Crippen molar-refractivity contribution in [1.82, 2.24) is 0 Å². The van der Waals surface area contributed by atoms with Gasteiger partial charge in [0.25, 0.3) is 0 Å². The van der Waals surface area contributed by atoms with Crippen molar-refractivity contribution in [2.24, 2.45) is 0 Å². The summed E-state index contributed by atoms with van der Waals surface area (Å²) in [5, 5.41) is 10.7. The number of benzene rings is 1. The Hall–Kier alpha value is -2.75. The molecule has 0 atom stereocenters. The molecule has 0 fully saturated rings. The molecule has 0 unspecified atom stereocenters. The van der Waals surface area contributed by atoms with E-state index < -0.39 is 5.63 Å². The number of allylic oxidation sites excluding steroid dienone is 5. The van der Waals surface area contributed by atoms with Crippen LogP contribution in [0.3, 0.4) is 0 Å². The minimum Gasteiger partial charge on any atom is -0.504 e. The second kappa shape index (κ2) is 10.5. The molecule has 1 aromatic carbocycles. The molecule has 0 amide bonds. The highest BCUT2D eigenvalue weighted by Gasteiger charge is 2.07. The van der Waals surface area contributed by atoms with Crippen molar-refractivity contribution in [3.05, 3.63) is 69.6 Å². The van der Waals surface area contributed by atoms with Gasteiger partial charge in [0.15, 0.2) is 11.5 Å². The average molecular weight is 383 g/mol. The van der Waals surface area contributed by atoms with Crippen molar-refractivity contribution in [3.8, 4) is 11.5 Å². The van der Waals surface area contributed by atoms with Gasteiger partial charge >= 0.3 is 5.63 Å². The molecule has 0 saturated heterocycles. The summed E-state index contributed by atoms with van der Waals surface area (Å²) in [7, 11) is 0. The summed E-state index contributed by atoms with van der Waals surface area (Å²) in [6.45, 7) is 8.87. The summed E-state index contributed by atoms with van der Waals surface area (Å²) in [6.07, 6.45) is 10.8. The van der Waals surface area contributed by atoms with Gasteiger partial charge < -0.3 is 14.3 Å². The summed E-state index contributed by atoms with van der Waals surface area (Å²) in [5.41, 5.74) is 3.99. The molecule has 28 heavy (non-hydrogen) atoms. The first kappa shape index (κ1) is 21.5. The minimum atomic E-state index is -0.427. The third kappa shape index (κ3) is 7.10. The Labute approximate surface area is 166 Å². The van der Waals surface area contributed by atoms with E-state index >= 15 is 0 Å². The quantitative estimate of drug-likeness (QED) is 0.408. The largest absolute Gasteiger partial charge is 0.504 e. The van der Waals surface area contributed by atoms with Gasteiger partial charge in [-0.2, -0.15) is 0 Å². The Balaban J connectivity index is 1.85. The maximum Gasteiger partial charge on any atom is 0.336 e. The number of aromatic hydroxyl groups is 1. The molecular weight excluding hydrogens is 352 g/mol. The number of rotatable bonds is 9. The van der Waals surface area contributed by atoms with Crippen LogP contribution < -0.4 is 10.4 Å². The number of hydrogen-bond acceptors (Lipinski definition) is 4. The molecule has 0 spiro atoms. The molecule has 0 saturated carbocycles. The lowest BCUT2D eigenvalue weighted by molar-refractivity contribution is 0.335. The SMILES string of the molecule is CC(C)=CCCC(C)=CCCC(C)=CCOc1cc2oc(=O)ccc2cc1O. The van der Waals surface area contributed by atoms with Gasteiger partial charge in [0.1, 0.15) is 12.2 Å². The van der Waals surface area contributed by atoms with Crippen LogP contribution in [0.4, 0.5) is 0 Å². The fraction of sp³-hybridized carbons (Fsp3) is 0.375. The number of fused-ring (bicyclic) bond motifs is 1. The van der Waals surface area contributed by atoms with E-state index in [0.29, 0.717) is 23.3 Å². The summed E-state index contributed by atoms with van der Waals surface area (Å²) in [4.78, 5) is 11.3. The zero-order valence-corrected chi connectivity index (χ0v) is 17.2. The first-order chi connectivity index (χ1) is 13.3. The first-order valence-electron chi connectivity index (χ1n) is 9.69. The number of ether oxygens (including phenoxy) is 1. The molecule has 1 aromatic heterocycles. The van der Waals surface area contributed by atoms with Crippen LogP contribution >= 0.6 is 0 Å². The maximum absolute atomic E-state index is 11.3. The molecule has 2 aromatic rings. The molecular formula is C24H30O4. The smallest absolute Gasteiger partial charge is 0.336 e. The van der Waals surface area contributed by atoms with Crippen LogP contribution in [0.1, 0.15) is 53.4 Å². The van der Waals surface area contributed by atoms with Gasteiger partial charge in [-0.05, 0) is 71.6 Å². The van der Waals surface area contributed by atoms with Crippen LogP contribution in [0.25, 0.3) is 11.0 Å². The van der Waals surface area contributed by atoms with Crippen LogP contribution in [0.15, 0.2) is 68.4 Å². The minimum absolute atomic E-state index is 0.0299. The topological polar surface area (TPSA) is 59.7 Å². The second-order valence-corrected chi connectivity index (χ2v) is 7.38. The number of phenolic OH excluding ortho intramolecular Hbond substituents is 1. The molecule has 4 nitrogen and oxygen atoms in total. The lowest BCUT2D eigenvalue weighted by Gasteiger charge is -2.08. The standard InChI is InChI=1S/C24H30O4/c1-17(2)7-5-8-18(3)9-6-10-19(4)13-14-27-23-16-22-20(15-21(23)25)11-12-24(26)28-22/h7,9,11-13,15-16,25H,5-6,8,10,14H2,1-4H3. The van der Waals surface area contributed by atoms with Crippen LogP contribution in [0.5, 0.6) is 11.5 Å². The number of hydrogen-bond donors (Lipinski definition) is 1. The van der Waals surface area contributed by atoms with Crippen molar-refractivity contribution >= 4 is 11.0 Å². The zero-order chi connectivity index (χ0) is 20.5. The summed E-state index contributed by atoms with van der Waals surface area (Å²) < 4.78 is 10.8.